The molecule has 0 saturated heterocycles. The fraction of sp³-hybridized carbons (Fsp3) is 0.385. The minimum absolute atomic E-state index is 0.313. The predicted octanol–water partition coefficient (Wildman–Crippen LogP) is 1.46. The molecule has 1 aromatic rings. The number of ether oxygens (including phenoxy) is 1. The standard InChI is InChI=1S/C13H18N2O3/c1-4-10(14)12(16)15-11-6-5-8(2)7-9(11)13(17)18-3/h5-7,10H,4,14H2,1-3H3,(H,15,16)/t10-/m1/s1. The Bertz CT molecular complexity index is 458. The van der Waals surface area contributed by atoms with E-state index in [4.69, 9.17) is 5.73 Å². The second kappa shape index (κ2) is 6.16. The average molecular weight is 250 g/mol. The van der Waals surface area contributed by atoms with E-state index in [1.165, 1.54) is 7.11 Å². The third kappa shape index (κ3) is 3.30. The van der Waals surface area contributed by atoms with E-state index in [-0.39, 0.29) is 5.91 Å². The van der Waals surface area contributed by atoms with Gasteiger partial charge in [-0.2, -0.15) is 0 Å². The van der Waals surface area contributed by atoms with Crippen molar-refractivity contribution in [3.05, 3.63) is 29.3 Å². The van der Waals surface area contributed by atoms with E-state index in [1.807, 2.05) is 13.8 Å². The monoisotopic (exact) mass is 250 g/mol. The summed E-state index contributed by atoms with van der Waals surface area (Å²) in [4.78, 5) is 23.3. The first-order chi connectivity index (χ1) is 8.49. The average Bonchev–Trinajstić information content (AvgIpc) is 2.38. The molecule has 0 aliphatic rings. The van der Waals surface area contributed by atoms with Gasteiger partial charge in [-0.25, -0.2) is 4.79 Å². The van der Waals surface area contributed by atoms with Gasteiger partial charge >= 0.3 is 5.97 Å². The quantitative estimate of drug-likeness (QED) is 0.793. The highest BCUT2D eigenvalue weighted by atomic mass is 16.5. The van der Waals surface area contributed by atoms with Gasteiger partial charge in [-0.3, -0.25) is 4.79 Å². The molecule has 1 rings (SSSR count). The van der Waals surface area contributed by atoms with E-state index in [1.54, 1.807) is 18.2 Å². The van der Waals surface area contributed by atoms with Crippen LogP contribution in [0, 0.1) is 6.92 Å². The summed E-state index contributed by atoms with van der Waals surface area (Å²) in [6, 6.07) is 4.55. The molecule has 0 bridgehead atoms. The molecular weight excluding hydrogens is 232 g/mol. The number of benzene rings is 1. The van der Waals surface area contributed by atoms with Crippen molar-refractivity contribution in [1.29, 1.82) is 0 Å². The largest absolute Gasteiger partial charge is 0.465 e. The third-order valence-corrected chi connectivity index (χ3v) is 2.61. The molecule has 98 valence electrons. The highest BCUT2D eigenvalue weighted by Gasteiger charge is 2.16. The zero-order valence-electron chi connectivity index (χ0n) is 10.8. The molecule has 0 aliphatic carbocycles. The lowest BCUT2D eigenvalue weighted by molar-refractivity contribution is -0.117. The van der Waals surface area contributed by atoms with Crippen LogP contribution in [0.3, 0.4) is 0 Å². The summed E-state index contributed by atoms with van der Waals surface area (Å²) in [5.74, 6) is -0.800. The minimum Gasteiger partial charge on any atom is -0.465 e. The Morgan fingerprint density at radius 1 is 1.44 bits per heavy atom. The van der Waals surface area contributed by atoms with Crippen LogP contribution in [0.15, 0.2) is 18.2 Å². The zero-order valence-corrected chi connectivity index (χ0v) is 10.8. The van der Waals surface area contributed by atoms with Crippen molar-refractivity contribution in [2.24, 2.45) is 5.73 Å². The first-order valence-electron chi connectivity index (χ1n) is 5.75. The summed E-state index contributed by atoms with van der Waals surface area (Å²) in [6.45, 7) is 3.68. The molecular formula is C13H18N2O3. The van der Waals surface area contributed by atoms with E-state index in [0.717, 1.165) is 5.56 Å². The van der Waals surface area contributed by atoms with Crippen molar-refractivity contribution in [2.75, 3.05) is 12.4 Å². The first kappa shape index (κ1) is 14.2. The molecule has 3 N–H and O–H groups in total. The van der Waals surface area contributed by atoms with Crippen LogP contribution in [0.25, 0.3) is 0 Å². The van der Waals surface area contributed by atoms with E-state index in [2.05, 4.69) is 10.1 Å². The molecule has 5 nitrogen and oxygen atoms in total. The number of hydrogen-bond acceptors (Lipinski definition) is 4. The Hall–Kier alpha value is -1.88. The normalized spacial score (nSPS) is 11.8. The van der Waals surface area contributed by atoms with Crippen molar-refractivity contribution < 1.29 is 14.3 Å². The van der Waals surface area contributed by atoms with Gasteiger partial charge in [-0.1, -0.05) is 18.6 Å². The maximum absolute atomic E-state index is 11.7. The summed E-state index contributed by atoms with van der Waals surface area (Å²) in [5, 5.41) is 2.64. The van der Waals surface area contributed by atoms with E-state index in [0.29, 0.717) is 17.7 Å². The Kier molecular flexibility index (Phi) is 4.85. The molecule has 0 fully saturated rings. The molecule has 18 heavy (non-hydrogen) atoms. The number of rotatable bonds is 4. The minimum atomic E-state index is -0.586. The lowest BCUT2D eigenvalue weighted by Crippen LogP contribution is -2.35. The summed E-state index contributed by atoms with van der Waals surface area (Å²) >= 11 is 0. The van der Waals surface area contributed by atoms with E-state index in [9.17, 15) is 9.59 Å². The predicted molar refractivity (Wildman–Crippen MR) is 69.4 cm³/mol. The summed E-state index contributed by atoms with van der Waals surface area (Å²) in [7, 11) is 1.30. The number of nitrogens with two attached hydrogens (primary N) is 1. The number of nitrogens with one attached hydrogen (secondary N) is 1. The van der Waals surface area contributed by atoms with Crippen LogP contribution in [0.4, 0.5) is 5.69 Å². The molecule has 0 radical (unpaired) electrons. The Balaban J connectivity index is 3.01. The lowest BCUT2D eigenvalue weighted by atomic mass is 10.1. The number of methoxy groups -OCH3 is 1. The molecule has 0 aliphatic heterocycles. The number of anilines is 1. The fourth-order valence-corrected chi connectivity index (χ4v) is 1.46. The van der Waals surface area contributed by atoms with Gasteiger partial charge in [0.1, 0.15) is 0 Å². The third-order valence-electron chi connectivity index (χ3n) is 2.61. The van der Waals surface area contributed by atoms with Gasteiger partial charge in [-0.05, 0) is 25.5 Å². The molecule has 0 spiro atoms. The number of carbonyl (C=O) groups is 2. The summed E-state index contributed by atoms with van der Waals surface area (Å²) in [6.07, 6.45) is 0.533. The topological polar surface area (TPSA) is 81.4 Å². The SMILES string of the molecule is CC[C@@H](N)C(=O)Nc1ccc(C)cc1C(=O)OC. The second-order valence-electron chi connectivity index (χ2n) is 4.04. The van der Waals surface area contributed by atoms with Gasteiger partial charge in [0.2, 0.25) is 5.91 Å². The van der Waals surface area contributed by atoms with E-state index >= 15 is 0 Å². The van der Waals surface area contributed by atoms with Crippen LogP contribution in [0.1, 0.15) is 29.3 Å². The number of amides is 1. The van der Waals surface area contributed by atoms with Crippen LogP contribution < -0.4 is 11.1 Å². The van der Waals surface area contributed by atoms with Crippen LogP contribution in [0.5, 0.6) is 0 Å². The van der Waals surface area contributed by atoms with Crippen molar-refractivity contribution in [3.63, 3.8) is 0 Å². The van der Waals surface area contributed by atoms with Crippen molar-refractivity contribution in [1.82, 2.24) is 0 Å². The fourth-order valence-electron chi connectivity index (χ4n) is 1.46. The van der Waals surface area contributed by atoms with Gasteiger partial charge in [0.25, 0.3) is 0 Å². The lowest BCUT2D eigenvalue weighted by Gasteiger charge is -2.13. The highest BCUT2D eigenvalue weighted by molar-refractivity contribution is 6.02. The maximum atomic E-state index is 11.7. The van der Waals surface area contributed by atoms with Crippen molar-refractivity contribution in [3.8, 4) is 0 Å². The first-order valence-corrected chi connectivity index (χ1v) is 5.75. The zero-order chi connectivity index (χ0) is 13.7. The molecule has 1 aromatic carbocycles. The van der Waals surface area contributed by atoms with Gasteiger partial charge in [0.15, 0.2) is 0 Å². The van der Waals surface area contributed by atoms with Gasteiger partial charge in [0.05, 0.1) is 24.4 Å². The van der Waals surface area contributed by atoms with E-state index < -0.39 is 12.0 Å². The molecule has 1 amide bonds. The molecule has 0 heterocycles. The number of carbonyl (C=O) groups excluding carboxylic acids is 2. The highest BCUT2D eigenvalue weighted by Crippen LogP contribution is 2.18. The number of hydrogen-bond donors (Lipinski definition) is 2. The Morgan fingerprint density at radius 2 is 2.11 bits per heavy atom. The smallest absolute Gasteiger partial charge is 0.339 e. The van der Waals surface area contributed by atoms with Gasteiger partial charge in [-0.15, -0.1) is 0 Å². The number of aryl methyl sites for hydroxylation is 1. The summed E-state index contributed by atoms with van der Waals surface area (Å²) in [5.41, 5.74) is 7.28. The number of esters is 1. The van der Waals surface area contributed by atoms with Crippen LogP contribution in [-0.4, -0.2) is 25.0 Å². The second-order valence-corrected chi connectivity index (χ2v) is 4.04. The van der Waals surface area contributed by atoms with Gasteiger partial charge in [0, 0.05) is 0 Å². The van der Waals surface area contributed by atoms with Crippen LogP contribution in [0.2, 0.25) is 0 Å². The molecule has 5 heteroatoms. The van der Waals surface area contributed by atoms with Crippen LogP contribution in [-0.2, 0) is 9.53 Å². The molecule has 0 unspecified atom stereocenters. The van der Waals surface area contributed by atoms with Crippen LogP contribution >= 0.6 is 0 Å². The summed E-state index contributed by atoms with van der Waals surface area (Å²) < 4.78 is 4.68. The molecule has 0 aromatic heterocycles. The Morgan fingerprint density at radius 3 is 2.67 bits per heavy atom. The van der Waals surface area contributed by atoms with Gasteiger partial charge < -0.3 is 15.8 Å². The molecule has 1 atom stereocenters. The molecule has 0 saturated carbocycles. The Labute approximate surface area is 106 Å². The maximum Gasteiger partial charge on any atom is 0.339 e. The van der Waals surface area contributed by atoms with Crippen molar-refractivity contribution in [2.45, 2.75) is 26.3 Å². The van der Waals surface area contributed by atoms with Crippen molar-refractivity contribution >= 4 is 17.6 Å².